The van der Waals surface area contributed by atoms with Crippen LogP contribution in [0.4, 0.5) is 13.3 Å². The van der Waals surface area contributed by atoms with Crippen molar-refractivity contribution in [1.29, 1.82) is 0 Å². The maximum Gasteiger partial charge on any atom is 0.0894 e. The van der Waals surface area contributed by atoms with Gasteiger partial charge in [0.25, 0.3) is 0 Å². The molecule has 0 aromatic heterocycles. The Morgan fingerprint density at radius 2 is 1.42 bits per heavy atom. The molecular weight excluding hydrogens is 169 g/mol. The van der Waals surface area contributed by atoms with Crippen LogP contribution in [0, 0.1) is 0 Å². The quantitative estimate of drug-likeness (QED) is 0.639. The lowest BCUT2D eigenvalue weighted by atomic mass is 10.4. The minimum Gasteiger partial charge on any atom is -0.255 e. The van der Waals surface area contributed by atoms with Gasteiger partial charge < -0.3 is 0 Å². The zero-order valence-corrected chi connectivity index (χ0v) is 6.66. The molecule has 0 radical (unpaired) electrons. The summed E-state index contributed by atoms with van der Waals surface area (Å²) in [6, 6.07) is 0. The zero-order valence-electron chi connectivity index (χ0n) is 6.66. The van der Waals surface area contributed by atoms with Gasteiger partial charge in [-0.25, -0.2) is 0 Å². The Labute approximate surface area is 74.8 Å². The highest BCUT2D eigenvalue weighted by Gasteiger charge is 1.71. The SMILES string of the molecule is C.C.CCCCF.CF.COF. The molecule has 0 aliphatic heterocycles. The molecule has 0 atom stereocenters. The predicted molar refractivity (Wildman–Crippen MR) is 49.5 cm³/mol. The van der Waals surface area contributed by atoms with Crippen LogP contribution in [0.15, 0.2) is 0 Å². The number of halogens is 3. The van der Waals surface area contributed by atoms with Crippen molar-refractivity contribution in [3.8, 4) is 0 Å². The Balaban J connectivity index is -0.0000000209. The van der Waals surface area contributed by atoms with Crippen molar-refractivity contribution < 1.29 is 18.2 Å². The lowest BCUT2D eigenvalue weighted by molar-refractivity contribution is -0.0960. The lowest BCUT2D eigenvalue weighted by Gasteiger charge is -1.76. The molecule has 0 aliphatic rings. The summed E-state index contributed by atoms with van der Waals surface area (Å²) in [7, 11) is 1.46. The first kappa shape index (κ1) is 29.8. The maximum atomic E-state index is 11.0. The van der Waals surface area contributed by atoms with Gasteiger partial charge in [-0.1, -0.05) is 28.2 Å². The molecule has 82 valence electrons. The van der Waals surface area contributed by atoms with Gasteiger partial charge in [0, 0.05) is 0 Å². The molecule has 0 heterocycles. The molecule has 0 saturated heterocycles. The summed E-state index contributed by atoms with van der Waals surface area (Å²) in [4.78, 5) is 2.75. The Morgan fingerprint density at radius 3 is 1.42 bits per heavy atom. The van der Waals surface area contributed by atoms with E-state index < -0.39 is 0 Å². The first-order valence-electron chi connectivity index (χ1n) is 2.91. The number of rotatable bonds is 2. The van der Waals surface area contributed by atoms with Crippen LogP contribution in [-0.4, -0.2) is 21.0 Å². The van der Waals surface area contributed by atoms with Crippen LogP contribution in [0.3, 0.4) is 0 Å². The smallest absolute Gasteiger partial charge is 0.0894 e. The molecule has 0 saturated carbocycles. The van der Waals surface area contributed by atoms with Crippen LogP contribution >= 0.6 is 0 Å². The van der Waals surface area contributed by atoms with Gasteiger partial charge in [-0.05, 0) is 10.9 Å². The van der Waals surface area contributed by atoms with E-state index in [4.69, 9.17) is 0 Å². The minimum atomic E-state index is -0.156. The minimum absolute atomic E-state index is 0. The molecule has 0 rings (SSSR count). The number of hydrogen-bond acceptors (Lipinski definition) is 1. The molecule has 0 amide bonds. The van der Waals surface area contributed by atoms with Crippen molar-refractivity contribution >= 4 is 0 Å². The second kappa shape index (κ2) is 72.7. The number of unbranched alkanes of at least 4 members (excludes halogenated alkanes) is 1. The topological polar surface area (TPSA) is 9.23 Å². The van der Waals surface area contributed by atoms with Gasteiger partial charge in [-0.2, -0.15) is 4.94 Å². The Morgan fingerprint density at radius 1 is 1.17 bits per heavy atom. The molecule has 0 aromatic rings. The summed E-state index contributed by atoms with van der Waals surface area (Å²) in [5, 5.41) is 0. The van der Waals surface area contributed by atoms with Crippen molar-refractivity contribution in [3.63, 3.8) is 0 Å². The van der Waals surface area contributed by atoms with Crippen molar-refractivity contribution in [2.45, 2.75) is 34.6 Å². The first-order chi connectivity index (χ1) is 4.83. The van der Waals surface area contributed by atoms with Crippen LogP contribution in [0.1, 0.15) is 34.6 Å². The summed E-state index contributed by atoms with van der Waals surface area (Å²) in [5.74, 6) is 0. The molecule has 0 bridgehead atoms. The van der Waals surface area contributed by atoms with Crippen molar-refractivity contribution in [1.82, 2.24) is 0 Å². The highest BCUT2D eigenvalue weighted by molar-refractivity contribution is 4.23. The van der Waals surface area contributed by atoms with Gasteiger partial charge >= 0.3 is 0 Å². The van der Waals surface area contributed by atoms with Gasteiger partial charge in [0.15, 0.2) is 0 Å². The fourth-order valence-electron chi connectivity index (χ4n) is 0.134. The third kappa shape index (κ3) is 244. The molecule has 0 aromatic carbocycles. The molecule has 1 nitrogen and oxygen atoms in total. The molecule has 0 aliphatic carbocycles. The van der Waals surface area contributed by atoms with Gasteiger partial charge in [0.1, 0.15) is 0 Å². The average Bonchev–Trinajstić information content (AvgIpc) is 1.96. The largest absolute Gasteiger partial charge is 0.255 e. The molecule has 0 fully saturated rings. The van der Waals surface area contributed by atoms with Crippen molar-refractivity contribution in [2.24, 2.45) is 0 Å². The molecule has 0 N–H and O–H groups in total. The normalized spacial score (nSPS) is 5.50. The van der Waals surface area contributed by atoms with Crippen molar-refractivity contribution in [3.05, 3.63) is 0 Å². The number of hydrogen-bond donors (Lipinski definition) is 0. The zero-order chi connectivity index (χ0) is 8.83. The first-order valence-corrected chi connectivity index (χ1v) is 2.91. The average molecular weight is 192 g/mol. The van der Waals surface area contributed by atoms with E-state index in [2.05, 4.69) is 4.94 Å². The Kier molecular flexibility index (Phi) is 180. The maximum absolute atomic E-state index is 11.0. The van der Waals surface area contributed by atoms with Crippen LogP contribution in [0.25, 0.3) is 0 Å². The summed E-state index contributed by atoms with van der Waals surface area (Å²) < 4.78 is 30.3. The van der Waals surface area contributed by atoms with E-state index in [0.717, 1.165) is 20.0 Å². The second-order valence-electron chi connectivity index (χ2n) is 1.20. The fraction of sp³-hybridized carbons (Fsp3) is 1.00. The molecule has 12 heavy (non-hydrogen) atoms. The van der Waals surface area contributed by atoms with E-state index in [1.165, 1.54) is 0 Å². The Bertz CT molecular complexity index is 28.3. The predicted octanol–water partition coefficient (Wildman–Crippen LogP) is 4.13. The second-order valence-corrected chi connectivity index (χ2v) is 1.20. The van der Waals surface area contributed by atoms with Crippen LogP contribution in [0.5, 0.6) is 0 Å². The third-order valence-corrected chi connectivity index (χ3v) is 0.487. The number of alkyl halides is 2. The highest BCUT2D eigenvalue weighted by atomic mass is 19.3. The van der Waals surface area contributed by atoms with Crippen LogP contribution < -0.4 is 0 Å². The summed E-state index contributed by atoms with van der Waals surface area (Å²) >= 11 is 0. The summed E-state index contributed by atoms with van der Waals surface area (Å²) in [6.45, 7) is 1.82. The van der Waals surface area contributed by atoms with E-state index in [9.17, 15) is 13.3 Å². The standard InChI is InChI=1S/C4H9F.CH3FO.CH3F.2CH4/c1-2-3-4-5;1-3-2;1-2;;/h2-4H2,1H3;1H3;1H3;2*1H4. The monoisotopic (exact) mass is 192 g/mol. The van der Waals surface area contributed by atoms with E-state index in [1.54, 1.807) is 0 Å². The Hall–Kier alpha value is -0.250. The third-order valence-electron chi connectivity index (χ3n) is 0.487. The van der Waals surface area contributed by atoms with Crippen LogP contribution in [-0.2, 0) is 4.94 Å². The van der Waals surface area contributed by atoms with E-state index >= 15 is 0 Å². The van der Waals surface area contributed by atoms with Gasteiger partial charge in [-0.3, -0.25) is 8.78 Å². The van der Waals surface area contributed by atoms with Gasteiger partial charge in [-0.15, -0.1) is 0 Å². The summed E-state index contributed by atoms with van der Waals surface area (Å²) in [5.41, 5.74) is 0. The molecule has 0 unspecified atom stereocenters. The van der Waals surface area contributed by atoms with Crippen molar-refractivity contribution in [2.75, 3.05) is 21.0 Å². The van der Waals surface area contributed by atoms with E-state index in [1.807, 2.05) is 6.92 Å². The lowest BCUT2D eigenvalue weighted by Crippen LogP contribution is -1.67. The highest BCUT2D eigenvalue weighted by Crippen LogP contribution is 1.83. The van der Waals surface area contributed by atoms with E-state index in [-0.39, 0.29) is 21.5 Å². The van der Waals surface area contributed by atoms with E-state index in [0.29, 0.717) is 7.18 Å². The van der Waals surface area contributed by atoms with Crippen LogP contribution in [0.2, 0.25) is 0 Å². The summed E-state index contributed by atoms with van der Waals surface area (Å²) in [6.07, 6.45) is 1.69. The molecule has 0 spiro atoms. The fourth-order valence-corrected chi connectivity index (χ4v) is 0.134. The van der Waals surface area contributed by atoms with Gasteiger partial charge in [0.05, 0.1) is 21.0 Å². The van der Waals surface area contributed by atoms with Gasteiger partial charge in [0.2, 0.25) is 0 Å². The molecular formula is C8H23F3O. The molecule has 4 heteroatoms.